The van der Waals surface area contributed by atoms with Gasteiger partial charge in [0, 0.05) is 17.2 Å². The van der Waals surface area contributed by atoms with Crippen molar-refractivity contribution in [3.63, 3.8) is 0 Å². The molecular formula is C18H17FO5. The number of phenols is 1. The molecule has 0 saturated carbocycles. The Kier molecular flexibility index (Phi) is 5.42. The summed E-state index contributed by atoms with van der Waals surface area (Å²) in [6.07, 6.45) is 2.67. The summed E-state index contributed by atoms with van der Waals surface area (Å²) in [7, 11) is 4.38. The quantitative estimate of drug-likeness (QED) is 0.648. The maximum Gasteiger partial charge on any atom is 0.203 e. The Hall–Kier alpha value is -3.02. The van der Waals surface area contributed by atoms with Crippen LogP contribution in [-0.2, 0) is 0 Å². The van der Waals surface area contributed by atoms with Crippen LogP contribution >= 0.6 is 0 Å². The van der Waals surface area contributed by atoms with Gasteiger partial charge >= 0.3 is 0 Å². The molecule has 2 rings (SSSR count). The SMILES string of the molecule is COc1cc(C(=O)C=Cc2ccc(F)cc2O)cc(OC)c1OC. The zero-order valence-electron chi connectivity index (χ0n) is 13.5. The molecule has 5 nitrogen and oxygen atoms in total. The third kappa shape index (κ3) is 3.65. The van der Waals surface area contributed by atoms with E-state index in [1.165, 1.54) is 57.7 Å². The highest BCUT2D eigenvalue weighted by Crippen LogP contribution is 2.38. The zero-order valence-corrected chi connectivity index (χ0v) is 13.5. The fourth-order valence-electron chi connectivity index (χ4n) is 2.14. The molecule has 0 amide bonds. The highest BCUT2D eigenvalue weighted by molar-refractivity contribution is 6.07. The molecule has 24 heavy (non-hydrogen) atoms. The number of phenolic OH excluding ortho intramolecular Hbond substituents is 1. The molecule has 126 valence electrons. The molecule has 6 heteroatoms. The highest BCUT2D eigenvalue weighted by Gasteiger charge is 2.15. The van der Waals surface area contributed by atoms with E-state index in [0.29, 0.717) is 28.4 Å². The number of allylic oxidation sites excluding steroid dienone is 1. The predicted molar refractivity (Wildman–Crippen MR) is 87.5 cm³/mol. The molecule has 0 saturated heterocycles. The zero-order chi connectivity index (χ0) is 17.7. The van der Waals surface area contributed by atoms with Crippen molar-refractivity contribution in [3.8, 4) is 23.0 Å². The number of hydrogen-bond donors (Lipinski definition) is 1. The number of rotatable bonds is 6. The normalized spacial score (nSPS) is 10.7. The molecular weight excluding hydrogens is 315 g/mol. The van der Waals surface area contributed by atoms with Gasteiger partial charge in [0.25, 0.3) is 0 Å². The highest BCUT2D eigenvalue weighted by atomic mass is 19.1. The minimum atomic E-state index is -0.555. The largest absolute Gasteiger partial charge is 0.507 e. The van der Waals surface area contributed by atoms with Gasteiger partial charge in [0.2, 0.25) is 5.75 Å². The predicted octanol–water partition coefficient (Wildman–Crippen LogP) is 3.45. The van der Waals surface area contributed by atoms with E-state index in [4.69, 9.17) is 14.2 Å². The standard InChI is InChI=1S/C18H17FO5/c1-22-16-8-12(9-17(23-2)18(16)24-3)14(20)7-5-11-4-6-13(19)10-15(11)21/h4-10,21H,1-3H3. The number of benzene rings is 2. The van der Waals surface area contributed by atoms with Crippen LogP contribution in [0.4, 0.5) is 4.39 Å². The van der Waals surface area contributed by atoms with Gasteiger partial charge in [-0.25, -0.2) is 4.39 Å². The number of methoxy groups -OCH3 is 3. The van der Waals surface area contributed by atoms with E-state index < -0.39 is 5.82 Å². The van der Waals surface area contributed by atoms with Crippen LogP contribution in [-0.4, -0.2) is 32.2 Å². The summed E-state index contributed by atoms with van der Waals surface area (Å²) in [5.74, 6) is -0.0318. The fraction of sp³-hybridized carbons (Fsp3) is 0.167. The van der Waals surface area contributed by atoms with Gasteiger partial charge in [-0.2, -0.15) is 0 Å². The molecule has 0 aromatic heterocycles. The van der Waals surface area contributed by atoms with Gasteiger partial charge in [-0.05, 0) is 36.4 Å². The van der Waals surface area contributed by atoms with Gasteiger partial charge in [-0.1, -0.05) is 0 Å². The van der Waals surface area contributed by atoms with Crippen LogP contribution in [0, 0.1) is 5.82 Å². The van der Waals surface area contributed by atoms with Gasteiger partial charge in [0.1, 0.15) is 11.6 Å². The number of carbonyl (C=O) groups is 1. The first-order valence-corrected chi connectivity index (χ1v) is 7.01. The van der Waals surface area contributed by atoms with E-state index in [1.54, 1.807) is 0 Å². The van der Waals surface area contributed by atoms with Crippen molar-refractivity contribution >= 4 is 11.9 Å². The van der Waals surface area contributed by atoms with E-state index in [2.05, 4.69) is 0 Å². The molecule has 0 fully saturated rings. The first-order chi connectivity index (χ1) is 11.5. The van der Waals surface area contributed by atoms with Crippen LogP contribution in [0.2, 0.25) is 0 Å². The van der Waals surface area contributed by atoms with Gasteiger partial charge in [0.15, 0.2) is 17.3 Å². The smallest absolute Gasteiger partial charge is 0.203 e. The average Bonchev–Trinajstić information content (AvgIpc) is 2.59. The van der Waals surface area contributed by atoms with Crippen molar-refractivity contribution in [1.82, 2.24) is 0 Å². The molecule has 0 aliphatic heterocycles. The first kappa shape index (κ1) is 17.3. The van der Waals surface area contributed by atoms with E-state index in [9.17, 15) is 14.3 Å². The summed E-state index contributed by atoms with van der Waals surface area (Å²) in [4.78, 5) is 12.3. The molecule has 0 atom stereocenters. The molecule has 0 radical (unpaired) electrons. The summed E-state index contributed by atoms with van der Waals surface area (Å²) < 4.78 is 28.6. The lowest BCUT2D eigenvalue weighted by Crippen LogP contribution is -2.00. The second-order valence-corrected chi connectivity index (χ2v) is 4.81. The molecule has 0 aliphatic carbocycles. The van der Waals surface area contributed by atoms with Crippen molar-refractivity contribution in [2.75, 3.05) is 21.3 Å². The Balaban J connectivity index is 2.34. The van der Waals surface area contributed by atoms with Crippen LogP contribution in [0.1, 0.15) is 15.9 Å². The van der Waals surface area contributed by atoms with Crippen LogP contribution in [0.25, 0.3) is 6.08 Å². The van der Waals surface area contributed by atoms with Crippen LogP contribution < -0.4 is 14.2 Å². The minimum absolute atomic E-state index is 0.246. The van der Waals surface area contributed by atoms with Gasteiger partial charge < -0.3 is 19.3 Å². The van der Waals surface area contributed by atoms with E-state index >= 15 is 0 Å². The van der Waals surface area contributed by atoms with Crippen molar-refractivity contribution in [1.29, 1.82) is 0 Å². The fourth-order valence-corrected chi connectivity index (χ4v) is 2.14. The number of hydrogen-bond acceptors (Lipinski definition) is 5. The van der Waals surface area contributed by atoms with Crippen molar-refractivity contribution in [3.05, 3.63) is 53.4 Å². The van der Waals surface area contributed by atoms with E-state index in [0.717, 1.165) is 6.07 Å². The number of aromatic hydroxyl groups is 1. The number of halogens is 1. The summed E-state index contributed by atoms with van der Waals surface area (Å²) in [5.41, 5.74) is 0.652. The van der Waals surface area contributed by atoms with Crippen molar-refractivity contribution < 1.29 is 28.5 Å². The molecule has 0 heterocycles. The Morgan fingerprint density at radius 2 is 1.67 bits per heavy atom. The summed E-state index contributed by atoms with van der Waals surface area (Å²) in [6, 6.07) is 6.60. The number of ketones is 1. The maximum absolute atomic E-state index is 13.0. The van der Waals surface area contributed by atoms with Gasteiger partial charge in [-0.15, -0.1) is 0 Å². The lowest BCUT2D eigenvalue weighted by molar-refractivity contribution is 0.104. The monoisotopic (exact) mass is 332 g/mol. The van der Waals surface area contributed by atoms with Crippen LogP contribution in [0.15, 0.2) is 36.4 Å². The van der Waals surface area contributed by atoms with Gasteiger partial charge in [-0.3, -0.25) is 4.79 Å². The third-order valence-electron chi connectivity index (χ3n) is 3.36. The molecule has 2 aromatic carbocycles. The lowest BCUT2D eigenvalue weighted by Gasteiger charge is -2.13. The molecule has 1 N–H and O–H groups in total. The summed E-state index contributed by atoms with van der Waals surface area (Å²) >= 11 is 0. The summed E-state index contributed by atoms with van der Waals surface area (Å²) in [5, 5.41) is 9.65. The number of ether oxygens (including phenoxy) is 3. The van der Waals surface area contributed by atoms with Crippen LogP contribution in [0.3, 0.4) is 0 Å². The Morgan fingerprint density at radius 3 is 2.17 bits per heavy atom. The minimum Gasteiger partial charge on any atom is -0.507 e. The third-order valence-corrected chi connectivity index (χ3v) is 3.36. The molecule has 2 aromatic rings. The topological polar surface area (TPSA) is 65.0 Å². The Morgan fingerprint density at radius 1 is 1.04 bits per heavy atom. The molecule has 0 spiro atoms. The molecule has 0 aliphatic rings. The van der Waals surface area contributed by atoms with Crippen LogP contribution in [0.5, 0.6) is 23.0 Å². The lowest BCUT2D eigenvalue weighted by atomic mass is 10.1. The van der Waals surface area contributed by atoms with E-state index in [-0.39, 0.29) is 11.5 Å². The van der Waals surface area contributed by atoms with Crippen molar-refractivity contribution in [2.45, 2.75) is 0 Å². The first-order valence-electron chi connectivity index (χ1n) is 7.01. The average molecular weight is 332 g/mol. The Labute approximate surface area is 138 Å². The molecule has 0 unspecified atom stereocenters. The molecule has 0 bridgehead atoms. The second-order valence-electron chi connectivity index (χ2n) is 4.81. The van der Waals surface area contributed by atoms with E-state index in [1.807, 2.05) is 0 Å². The Bertz CT molecular complexity index is 758. The summed E-state index contributed by atoms with van der Waals surface area (Å²) in [6.45, 7) is 0. The van der Waals surface area contributed by atoms with Crippen molar-refractivity contribution in [2.24, 2.45) is 0 Å². The maximum atomic E-state index is 13.0. The van der Waals surface area contributed by atoms with Gasteiger partial charge in [0.05, 0.1) is 21.3 Å². The number of carbonyl (C=O) groups excluding carboxylic acids is 1. The second kappa shape index (κ2) is 7.50.